The average Bonchev–Trinajstić information content (AvgIpc) is 3.05. The van der Waals surface area contributed by atoms with Crippen LogP contribution in [0.1, 0.15) is 32.6 Å². The molecule has 104 valence electrons. The highest BCUT2D eigenvalue weighted by molar-refractivity contribution is 8.00. The lowest BCUT2D eigenvalue weighted by Crippen LogP contribution is -2.40. The van der Waals surface area contributed by atoms with E-state index in [1.807, 2.05) is 0 Å². The van der Waals surface area contributed by atoms with Crippen molar-refractivity contribution in [3.8, 4) is 0 Å². The van der Waals surface area contributed by atoms with Crippen molar-refractivity contribution in [2.24, 2.45) is 4.99 Å². The predicted molar refractivity (Wildman–Crippen MR) is 78.4 cm³/mol. The van der Waals surface area contributed by atoms with E-state index >= 15 is 0 Å². The maximum Gasteiger partial charge on any atom is 0.191 e. The standard InChI is InChI=1S/C13H25N3OS/c1-2-14-13(15-9-11-5-3-7-17-11)16-10-12-6-4-8-18-12/h11-12H,2-10H2,1H3,(H2,14,15,16). The number of rotatable bonds is 5. The highest BCUT2D eigenvalue weighted by atomic mass is 32.2. The van der Waals surface area contributed by atoms with Crippen LogP contribution in [0.25, 0.3) is 0 Å². The van der Waals surface area contributed by atoms with Crippen LogP contribution >= 0.6 is 11.8 Å². The molecule has 2 aliphatic heterocycles. The molecule has 0 aromatic carbocycles. The Labute approximate surface area is 114 Å². The van der Waals surface area contributed by atoms with Crippen molar-refractivity contribution >= 4 is 17.7 Å². The zero-order chi connectivity index (χ0) is 12.6. The number of aliphatic imine (C=N–C) groups is 1. The SMILES string of the molecule is CCNC(=NCC1CCCO1)NCC1CCCS1. The Morgan fingerprint density at radius 3 is 2.94 bits per heavy atom. The van der Waals surface area contributed by atoms with Crippen molar-refractivity contribution in [2.75, 3.05) is 32.0 Å². The molecule has 18 heavy (non-hydrogen) atoms. The van der Waals surface area contributed by atoms with Gasteiger partial charge in [0.05, 0.1) is 12.6 Å². The maximum absolute atomic E-state index is 5.59. The third kappa shape index (κ3) is 4.69. The Balaban J connectivity index is 1.72. The molecule has 2 N–H and O–H groups in total. The van der Waals surface area contributed by atoms with Crippen LogP contribution in [0.5, 0.6) is 0 Å². The van der Waals surface area contributed by atoms with Crippen molar-refractivity contribution in [3.05, 3.63) is 0 Å². The van der Waals surface area contributed by atoms with Crippen LogP contribution in [0.2, 0.25) is 0 Å². The summed E-state index contributed by atoms with van der Waals surface area (Å²) in [5.41, 5.74) is 0. The summed E-state index contributed by atoms with van der Waals surface area (Å²) in [4.78, 5) is 4.62. The number of ether oxygens (including phenoxy) is 1. The molecule has 0 amide bonds. The van der Waals surface area contributed by atoms with E-state index in [0.29, 0.717) is 6.10 Å². The van der Waals surface area contributed by atoms with Gasteiger partial charge in [-0.15, -0.1) is 0 Å². The minimum atomic E-state index is 0.335. The van der Waals surface area contributed by atoms with Gasteiger partial charge in [0.15, 0.2) is 5.96 Å². The quantitative estimate of drug-likeness (QED) is 0.589. The Morgan fingerprint density at radius 2 is 2.28 bits per heavy atom. The molecule has 0 aromatic rings. The van der Waals surface area contributed by atoms with Gasteiger partial charge in [-0.2, -0.15) is 11.8 Å². The maximum atomic E-state index is 5.59. The van der Waals surface area contributed by atoms with Crippen LogP contribution in [-0.2, 0) is 4.74 Å². The minimum absolute atomic E-state index is 0.335. The van der Waals surface area contributed by atoms with E-state index in [1.165, 1.54) is 25.0 Å². The fourth-order valence-corrected chi connectivity index (χ4v) is 3.54. The Hall–Kier alpha value is -0.420. The normalized spacial score (nSPS) is 28.6. The van der Waals surface area contributed by atoms with Gasteiger partial charge < -0.3 is 15.4 Å². The second kappa shape index (κ2) is 7.89. The number of nitrogens with one attached hydrogen (secondary N) is 2. The van der Waals surface area contributed by atoms with Crippen molar-refractivity contribution < 1.29 is 4.74 Å². The molecule has 2 atom stereocenters. The smallest absolute Gasteiger partial charge is 0.191 e. The summed E-state index contributed by atoms with van der Waals surface area (Å²) in [6.45, 7) is 5.74. The third-order valence-electron chi connectivity index (χ3n) is 3.34. The van der Waals surface area contributed by atoms with Crippen LogP contribution < -0.4 is 10.6 Å². The Morgan fingerprint density at radius 1 is 1.33 bits per heavy atom. The zero-order valence-electron chi connectivity index (χ0n) is 11.3. The van der Waals surface area contributed by atoms with Crippen molar-refractivity contribution in [2.45, 2.75) is 44.0 Å². The topological polar surface area (TPSA) is 45.7 Å². The van der Waals surface area contributed by atoms with Gasteiger partial charge in [0.2, 0.25) is 0 Å². The number of nitrogens with zero attached hydrogens (tertiary/aromatic N) is 1. The number of thioether (sulfide) groups is 1. The molecule has 2 aliphatic rings. The summed E-state index contributed by atoms with van der Waals surface area (Å²) in [6, 6.07) is 0. The molecule has 2 saturated heterocycles. The van der Waals surface area contributed by atoms with E-state index in [2.05, 4.69) is 34.3 Å². The van der Waals surface area contributed by atoms with Gasteiger partial charge in [0, 0.05) is 24.9 Å². The van der Waals surface area contributed by atoms with Gasteiger partial charge >= 0.3 is 0 Å². The van der Waals surface area contributed by atoms with Gasteiger partial charge in [0.25, 0.3) is 0 Å². The van der Waals surface area contributed by atoms with E-state index in [9.17, 15) is 0 Å². The fourth-order valence-electron chi connectivity index (χ4n) is 2.34. The molecule has 0 aromatic heterocycles. The van der Waals surface area contributed by atoms with Gasteiger partial charge in [0.1, 0.15) is 0 Å². The first kappa shape index (κ1) is 14.0. The van der Waals surface area contributed by atoms with Crippen LogP contribution in [0.15, 0.2) is 4.99 Å². The second-order valence-corrected chi connectivity index (χ2v) is 6.28. The fraction of sp³-hybridized carbons (Fsp3) is 0.923. The summed E-state index contributed by atoms with van der Waals surface area (Å²) in [5, 5.41) is 7.51. The molecule has 2 fully saturated rings. The Kier molecular flexibility index (Phi) is 6.14. The number of hydrogen-bond acceptors (Lipinski definition) is 3. The molecule has 0 bridgehead atoms. The monoisotopic (exact) mass is 271 g/mol. The van der Waals surface area contributed by atoms with Gasteiger partial charge in [-0.05, 0) is 38.4 Å². The lowest BCUT2D eigenvalue weighted by molar-refractivity contribution is 0.117. The van der Waals surface area contributed by atoms with E-state index in [4.69, 9.17) is 4.74 Å². The summed E-state index contributed by atoms with van der Waals surface area (Å²) in [7, 11) is 0. The van der Waals surface area contributed by atoms with Crippen LogP contribution in [0, 0.1) is 0 Å². The first-order valence-corrected chi connectivity index (χ1v) is 8.18. The van der Waals surface area contributed by atoms with Crippen LogP contribution in [-0.4, -0.2) is 49.3 Å². The molecule has 0 radical (unpaired) electrons. The average molecular weight is 271 g/mol. The van der Waals surface area contributed by atoms with E-state index in [-0.39, 0.29) is 0 Å². The summed E-state index contributed by atoms with van der Waals surface area (Å²) in [6.07, 6.45) is 5.37. The second-order valence-electron chi connectivity index (χ2n) is 4.87. The van der Waals surface area contributed by atoms with Gasteiger partial charge in [-0.1, -0.05) is 0 Å². The molecule has 5 heteroatoms. The van der Waals surface area contributed by atoms with Crippen LogP contribution in [0.3, 0.4) is 0 Å². The number of hydrogen-bond donors (Lipinski definition) is 2. The van der Waals surface area contributed by atoms with Crippen molar-refractivity contribution in [1.29, 1.82) is 0 Å². The summed E-state index contributed by atoms with van der Waals surface area (Å²) in [5.74, 6) is 2.26. The lowest BCUT2D eigenvalue weighted by Gasteiger charge is -2.15. The largest absolute Gasteiger partial charge is 0.376 e. The molecule has 0 spiro atoms. The molecule has 4 nitrogen and oxygen atoms in total. The van der Waals surface area contributed by atoms with Crippen molar-refractivity contribution in [3.63, 3.8) is 0 Å². The molecule has 2 heterocycles. The molecular weight excluding hydrogens is 246 g/mol. The van der Waals surface area contributed by atoms with Crippen LogP contribution in [0.4, 0.5) is 0 Å². The first-order chi connectivity index (χ1) is 8.88. The first-order valence-electron chi connectivity index (χ1n) is 7.14. The van der Waals surface area contributed by atoms with Gasteiger partial charge in [-0.25, -0.2) is 0 Å². The van der Waals surface area contributed by atoms with E-state index < -0.39 is 0 Å². The molecular formula is C13H25N3OS. The van der Waals surface area contributed by atoms with E-state index in [1.54, 1.807) is 0 Å². The highest BCUT2D eigenvalue weighted by Crippen LogP contribution is 2.25. The highest BCUT2D eigenvalue weighted by Gasteiger charge is 2.17. The molecule has 0 saturated carbocycles. The summed E-state index contributed by atoms with van der Waals surface area (Å²) >= 11 is 2.08. The predicted octanol–water partition coefficient (Wildman–Crippen LogP) is 1.62. The zero-order valence-corrected chi connectivity index (χ0v) is 12.1. The Bertz CT molecular complexity index is 261. The molecule has 2 unspecified atom stereocenters. The van der Waals surface area contributed by atoms with Gasteiger partial charge in [-0.3, -0.25) is 4.99 Å². The molecule has 0 aliphatic carbocycles. The molecule has 2 rings (SSSR count). The van der Waals surface area contributed by atoms with E-state index in [0.717, 1.165) is 43.9 Å². The van der Waals surface area contributed by atoms with Crippen molar-refractivity contribution in [1.82, 2.24) is 10.6 Å². The number of guanidine groups is 1. The lowest BCUT2D eigenvalue weighted by atomic mass is 10.2. The minimum Gasteiger partial charge on any atom is -0.376 e. The third-order valence-corrected chi connectivity index (χ3v) is 4.74. The summed E-state index contributed by atoms with van der Waals surface area (Å²) < 4.78 is 5.59.